The van der Waals surface area contributed by atoms with Crippen molar-refractivity contribution < 1.29 is 9.66 Å². The van der Waals surface area contributed by atoms with Gasteiger partial charge < -0.3 is 10.1 Å². The van der Waals surface area contributed by atoms with Gasteiger partial charge in [0.15, 0.2) is 0 Å². The molecule has 8 nitrogen and oxygen atoms in total. The molecular weight excluding hydrogens is 300 g/mol. The van der Waals surface area contributed by atoms with E-state index >= 15 is 0 Å². The predicted molar refractivity (Wildman–Crippen MR) is 86.9 cm³/mol. The van der Waals surface area contributed by atoms with E-state index in [-0.39, 0.29) is 5.82 Å². The standard InChI is InChI=1S/C15H20N4O4/c1-11(2)10-23-9-5-7-16-14-13(19(21)22)15(20)18-8-4-3-6-12(18)17-14/h3-4,6,8,11,16H,5,7,9-10H2,1-2H3. The molecule has 2 heterocycles. The maximum Gasteiger partial charge on any atom is 0.376 e. The minimum atomic E-state index is -0.702. The molecule has 0 unspecified atom stereocenters. The maximum absolute atomic E-state index is 12.2. The Morgan fingerprint density at radius 2 is 2.22 bits per heavy atom. The highest BCUT2D eigenvalue weighted by Crippen LogP contribution is 2.17. The fourth-order valence-electron chi connectivity index (χ4n) is 2.07. The van der Waals surface area contributed by atoms with Gasteiger partial charge in [-0.05, 0) is 24.5 Å². The molecule has 8 heteroatoms. The summed E-state index contributed by atoms with van der Waals surface area (Å²) in [5, 5.41) is 14.1. The van der Waals surface area contributed by atoms with Crippen LogP contribution < -0.4 is 10.9 Å². The number of ether oxygens (including phenoxy) is 1. The molecule has 0 atom stereocenters. The highest BCUT2D eigenvalue weighted by Gasteiger charge is 2.22. The van der Waals surface area contributed by atoms with Crippen LogP contribution >= 0.6 is 0 Å². The average Bonchev–Trinajstić information content (AvgIpc) is 2.50. The first kappa shape index (κ1) is 16.9. The van der Waals surface area contributed by atoms with Crippen molar-refractivity contribution in [3.63, 3.8) is 0 Å². The van der Waals surface area contributed by atoms with Gasteiger partial charge in [0.25, 0.3) is 0 Å². The van der Waals surface area contributed by atoms with Gasteiger partial charge in [-0.15, -0.1) is 0 Å². The lowest BCUT2D eigenvalue weighted by Gasteiger charge is -2.09. The molecule has 1 N–H and O–H groups in total. The Bertz CT molecular complexity index is 742. The number of aromatic nitrogens is 2. The summed E-state index contributed by atoms with van der Waals surface area (Å²) in [6.45, 7) is 5.79. The van der Waals surface area contributed by atoms with Crippen LogP contribution in [0.15, 0.2) is 29.2 Å². The van der Waals surface area contributed by atoms with E-state index in [2.05, 4.69) is 24.1 Å². The third kappa shape index (κ3) is 4.26. The van der Waals surface area contributed by atoms with Gasteiger partial charge in [-0.2, -0.15) is 0 Å². The fourth-order valence-corrected chi connectivity index (χ4v) is 2.07. The second kappa shape index (κ2) is 7.68. The van der Waals surface area contributed by atoms with Crippen LogP contribution in [0, 0.1) is 16.0 Å². The molecule has 0 aliphatic rings. The number of pyridine rings is 1. The van der Waals surface area contributed by atoms with Crippen LogP contribution in [0.25, 0.3) is 5.65 Å². The van der Waals surface area contributed by atoms with Gasteiger partial charge in [0.1, 0.15) is 5.65 Å². The first-order valence-corrected chi connectivity index (χ1v) is 7.48. The summed E-state index contributed by atoms with van der Waals surface area (Å²) >= 11 is 0. The molecule has 0 spiro atoms. The molecule has 0 bridgehead atoms. The zero-order valence-corrected chi connectivity index (χ0v) is 13.2. The van der Waals surface area contributed by atoms with E-state index in [1.54, 1.807) is 18.2 Å². The minimum absolute atomic E-state index is 0.00457. The SMILES string of the molecule is CC(C)COCCCNc1nc2ccccn2c(=O)c1[N+](=O)[O-]. The van der Waals surface area contributed by atoms with Crippen molar-refractivity contribution in [1.29, 1.82) is 0 Å². The second-order valence-corrected chi connectivity index (χ2v) is 5.55. The molecule has 0 saturated carbocycles. The Hall–Kier alpha value is -2.48. The van der Waals surface area contributed by atoms with Crippen LogP contribution in [0.3, 0.4) is 0 Å². The number of hydrogen-bond acceptors (Lipinski definition) is 6. The van der Waals surface area contributed by atoms with Crippen LogP contribution in [-0.4, -0.2) is 34.1 Å². The zero-order chi connectivity index (χ0) is 16.8. The molecule has 0 aromatic carbocycles. The van der Waals surface area contributed by atoms with Crippen molar-refractivity contribution in [3.05, 3.63) is 44.9 Å². The summed E-state index contributed by atoms with van der Waals surface area (Å²) < 4.78 is 6.61. The number of nitrogens with one attached hydrogen (secondary N) is 1. The van der Waals surface area contributed by atoms with Gasteiger partial charge in [-0.1, -0.05) is 19.9 Å². The molecule has 0 amide bonds. The number of rotatable bonds is 8. The van der Waals surface area contributed by atoms with E-state index in [1.165, 1.54) is 6.20 Å². The molecule has 2 aromatic heterocycles. The predicted octanol–water partition coefficient (Wildman–Crippen LogP) is 2.08. The molecule has 23 heavy (non-hydrogen) atoms. The van der Waals surface area contributed by atoms with Crippen LogP contribution in [0.1, 0.15) is 20.3 Å². The van der Waals surface area contributed by atoms with Gasteiger partial charge in [-0.25, -0.2) is 4.98 Å². The van der Waals surface area contributed by atoms with Crippen molar-refractivity contribution in [2.45, 2.75) is 20.3 Å². The van der Waals surface area contributed by atoms with E-state index < -0.39 is 16.2 Å². The van der Waals surface area contributed by atoms with Gasteiger partial charge in [0.2, 0.25) is 5.82 Å². The Labute approximate surface area is 133 Å². The molecule has 0 saturated heterocycles. The Balaban J connectivity index is 2.11. The number of anilines is 1. The molecular formula is C15H20N4O4. The van der Waals surface area contributed by atoms with Gasteiger partial charge in [0.05, 0.1) is 4.92 Å². The third-order valence-electron chi connectivity index (χ3n) is 3.10. The lowest BCUT2D eigenvalue weighted by Crippen LogP contribution is -2.21. The highest BCUT2D eigenvalue weighted by atomic mass is 16.6. The van der Waals surface area contributed by atoms with Gasteiger partial charge >= 0.3 is 11.2 Å². The van der Waals surface area contributed by atoms with Crippen LogP contribution in [0.2, 0.25) is 0 Å². The average molecular weight is 320 g/mol. The number of nitrogens with zero attached hydrogens (tertiary/aromatic N) is 3. The van der Waals surface area contributed by atoms with Crippen molar-refractivity contribution in [3.8, 4) is 0 Å². The van der Waals surface area contributed by atoms with Crippen molar-refractivity contribution in [2.75, 3.05) is 25.1 Å². The normalized spacial score (nSPS) is 11.1. The van der Waals surface area contributed by atoms with Gasteiger partial charge in [-0.3, -0.25) is 19.3 Å². The largest absolute Gasteiger partial charge is 0.381 e. The van der Waals surface area contributed by atoms with E-state index in [9.17, 15) is 14.9 Å². The third-order valence-corrected chi connectivity index (χ3v) is 3.10. The summed E-state index contributed by atoms with van der Waals surface area (Å²) in [6, 6.07) is 4.97. The summed E-state index contributed by atoms with van der Waals surface area (Å²) in [4.78, 5) is 26.9. The quantitative estimate of drug-likeness (QED) is 0.454. The lowest BCUT2D eigenvalue weighted by molar-refractivity contribution is -0.385. The highest BCUT2D eigenvalue weighted by molar-refractivity contribution is 5.59. The topological polar surface area (TPSA) is 98.8 Å². The second-order valence-electron chi connectivity index (χ2n) is 5.55. The maximum atomic E-state index is 12.2. The van der Waals surface area contributed by atoms with Crippen LogP contribution in [0.4, 0.5) is 11.5 Å². The number of hydrogen-bond donors (Lipinski definition) is 1. The van der Waals surface area contributed by atoms with E-state index in [1.807, 2.05) is 0 Å². The summed E-state index contributed by atoms with van der Waals surface area (Å²) in [5.74, 6) is 0.460. The van der Waals surface area contributed by atoms with E-state index in [4.69, 9.17) is 4.74 Å². The summed E-state index contributed by atoms with van der Waals surface area (Å²) in [6.07, 6.45) is 2.13. The van der Waals surface area contributed by atoms with Gasteiger partial charge in [0, 0.05) is 26.0 Å². The molecule has 0 fully saturated rings. The molecule has 0 aliphatic heterocycles. The summed E-state index contributed by atoms with van der Waals surface area (Å²) in [7, 11) is 0. The minimum Gasteiger partial charge on any atom is -0.381 e. The molecule has 2 aromatic rings. The van der Waals surface area contributed by atoms with Crippen LogP contribution in [0.5, 0.6) is 0 Å². The first-order valence-electron chi connectivity index (χ1n) is 7.48. The van der Waals surface area contributed by atoms with E-state index in [0.717, 1.165) is 4.40 Å². The monoisotopic (exact) mass is 320 g/mol. The molecule has 0 aliphatic carbocycles. The Morgan fingerprint density at radius 3 is 2.91 bits per heavy atom. The van der Waals surface area contributed by atoms with E-state index in [0.29, 0.717) is 37.7 Å². The van der Waals surface area contributed by atoms with Crippen molar-refractivity contribution in [2.24, 2.45) is 5.92 Å². The molecule has 0 radical (unpaired) electrons. The molecule has 2 rings (SSSR count). The first-order chi connectivity index (χ1) is 11.0. The molecule has 124 valence electrons. The Morgan fingerprint density at radius 1 is 1.43 bits per heavy atom. The van der Waals surface area contributed by atoms with Crippen molar-refractivity contribution in [1.82, 2.24) is 9.38 Å². The smallest absolute Gasteiger partial charge is 0.376 e. The summed E-state index contributed by atoms with van der Waals surface area (Å²) in [5.41, 5.74) is -0.877. The lowest BCUT2D eigenvalue weighted by atomic mass is 10.2. The number of nitro groups is 1. The number of fused-ring (bicyclic) bond motifs is 1. The Kier molecular flexibility index (Phi) is 5.64. The van der Waals surface area contributed by atoms with Crippen molar-refractivity contribution >= 4 is 17.2 Å². The fraction of sp³-hybridized carbons (Fsp3) is 0.467. The zero-order valence-electron chi connectivity index (χ0n) is 13.2. The van der Waals surface area contributed by atoms with Crippen LogP contribution in [-0.2, 0) is 4.74 Å².